The van der Waals surface area contributed by atoms with Gasteiger partial charge in [-0.15, -0.1) is 0 Å². The van der Waals surface area contributed by atoms with Crippen molar-refractivity contribution in [3.63, 3.8) is 0 Å². The van der Waals surface area contributed by atoms with Crippen LogP contribution in [-0.2, 0) is 0 Å². The predicted octanol–water partition coefficient (Wildman–Crippen LogP) is 4.01. The van der Waals surface area contributed by atoms with Crippen molar-refractivity contribution in [1.82, 2.24) is 14.8 Å². The Labute approximate surface area is 167 Å². The first-order chi connectivity index (χ1) is 13.6. The molecule has 0 amide bonds. The maximum atomic E-state index is 6.03. The Hall–Kier alpha value is -3.19. The van der Waals surface area contributed by atoms with Crippen LogP contribution in [0.15, 0.2) is 48.8 Å². The van der Waals surface area contributed by atoms with Crippen molar-refractivity contribution in [2.45, 2.75) is 6.04 Å². The monoisotopic (exact) mass is 398 g/mol. The number of nitrogens with zero attached hydrogens (tertiary/aromatic N) is 3. The van der Waals surface area contributed by atoms with Gasteiger partial charge in [0.2, 0.25) is 11.7 Å². The standard InChI is InChI=1S/C20H19ClN4O3/c1-26-17-8-13(9-18(27-2)19(17)28-3)16-10-15(12-4-6-14(21)7-5-12)24-20-22-11-23-25(16)20/h4-11,16H,1-3H3,(H,22,23,24). The summed E-state index contributed by atoms with van der Waals surface area (Å²) in [5.74, 6) is 2.35. The van der Waals surface area contributed by atoms with Gasteiger partial charge in [-0.05, 0) is 41.5 Å². The Bertz CT molecular complexity index is 1010. The molecule has 0 spiro atoms. The molecule has 7 nitrogen and oxygen atoms in total. The van der Waals surface area contributed by atoms with Gasteiger partial charge in [-0.2, -0.15) is 10.1 Å². The van der Waals surface area contributed by atoms with E-state index in [1.807, 2.05) is 36.4 Å². The highest BCUT2D eigenvalue weighted by Crippen LogP contribution is 2.42. The molecule has 8 heteroatoms. The Kier molecular flexibility index (Phi) is 4.83. The molecular formula is C20H19ClN4O3. The Morgan fingerprint density at radius 3 is 2.29 bits per heavy atom. The molecule has 4 rings (SSSR count). The third kappa shape index (κ3) is 3.14. The molecule has 1 atom stereocenters. The lowest BCUT2D eigenvalue weighted by Gasteiger charge is -2.25. The summed E-state index contributed by atoms with van der Waals surface area (Å²) in [5, 5.41) is 8.37. The number of halogens is 1. The van der Waals surface area contributed by atoms with Crippen LogP contribution in [0.3, 0.4) is 0 Å². The van der Waals surface area contributed by atoms with Crippen LogP contribution in [0.2, 0.25) is 5.02 Å². The van der Waals surface area contributed by atoms with Crippen LogP contribution in [0, 0.1) is 0 Å². The summed E-state index contributed by atoms with van der Waals surface area (Å²) in [6, 6.07) is 11.2. The third-order valence-corrected chi connectivity index (χ3v) is 4.84. The molecule has 2 heterocycles. The summed E-state index contributed by atoms with van der Waals surface area (Å²) >= 11 is 6.03. The topological polar surface area (TPSA) is 70.4 Å². The average molecular weight is 399 g/mol. The molecule has 0 saturated heterocycles. The number of methoxy groups -OCH3 is 3. The summed E-state index contributed by atoms with van der Waals surface area (Å²) in [6.07, 6.45) is 3.59. The van der Waals surface area contributed by atoms with Crippen molar-refractivity contribution in [3.8, 4) is 17.2 Å². The quantitative estimate of drug-likeness (QED) is 0.700. The molecule has 1 aliphatic rings. The lowest BCUT2D eigenvalue weighted by atomic mass is 10.0. The molecule has 3 aromatic rings. The van der Waals surface area contributed by atoms with Gasteiger partial charge in [0.15, 0.2) is 11.5 Å². The number of rotatable bonds is 5. The highest BCUT2D eigenvalue weighted by molar-refractivity contribution is 6.30. The first-order valence-corrected chi connectivity index (χ1v) is 8.96. The van der Waals surface area contributed by atoms with Crippen LogP contribution >= 0.6 is 11.6 Å². The van der Waals surface area contributed by atoms with Gasteiger partial charge >= 0.3 is 0 Å². The minimum atomic E-state index is -0.210. The van der Waals surface area contributed by atoms with E-state index in [2.05, 4.69) is 21.5 Å². The zero-order valence-electron chi connectivity index (χ0n) is 15.6. The van der Waals surface area contributed by atoms with Crippen LogP contribution in [0.4, 0.5) is 5.95 Å². The maximum absolute atomic E-state index is 6.03. The minimum absolute atomic E-state index is 0.210. The summed E-state index contributed by atoms with van der Waals surface area (Å²) < 4.78 is 18.2. The summed E-state index contributed by atoms with van der Waals surface area (Å²) in [7, 11) is 4.78. The normalized spacial score (nSPS) is 15.3. The van der Waals surface area contributed by atoms with Crippen molar-refractivity contribution >= 4 is 23.2 Å². The first kappa shape index (κ1) is 18.2. The highest BCUT2D eigenvalue weighted by Gasteiger charge is 2.26. The van der Waals surface area contributed by atoms with Crippen LogP contribution < -0.4 is 19.5 Å². The van der Waals surface area contributed by atoms with E-state index in [0.29, 0.717) is 28.2 Å². The molecule has 1 unspecified atom stereocenters. The van der Waals surface area contributed by atoms with E-state index in [-0.39, 0.29) is 6.04 Å². The fourth-order valence-corrected chi connectivity index (χ4v) is 3.37. The molecule has 0 bridgehead atoms. The molecule has 2 aromatic carbocycles. The summed E-state index contributed by atoms with van der Waals surface area (Å²) in [6.45, 7) is 0. The largest absolute Gasteiger partial charge is 0.493 e. The van der Waals surface area contributed by atoms with E-state index in [1.54, 1.807) is 26.0 Å². The van der Waals surface area contributed by atoms with Gasteiger partial charge in [0.05, 0.1) is 21.3 Å². The molecule has 144 valence electrons. The summed E-state index contributed by atoms with van der Waals surface area (Å²) in [5.41, 5.74) is 2.83. The van der Waals surface area contributed by atoms with Crippen molar-refractivity contribution < 1.29 is 14.2 Å². The zero-order valence-corrected chi connectivity index (χ0v) is 16.4. The van der Waals surface area contributed by atoms with Gasteiger partial charge in [-0.3, -0.25) is 0 Å². The van der Waals surface area contributed by atoms with Gasteiger partial charge in [0, 0.05) is 10.7 Å². The number of nitrogens with one attached hydrogen (secondary N) is 1. The fraction of sp³-hybridized carbons (Fsp3) is 0.200. The van der Waals surface area contributed by atoms with Gasteiger partial charge < -0.3 is 19.5 Å². The Balaban J connectivity index is 1.84. The predicted molar refractivity (Wildman–Crippen MR) is 107 cm³/mol. The van der Waals surface area contributed by atoms with Crippen LogP contribution in [-0.4, -0.2) is 36.1 Å². The molecule has 0 aliphatic carbocycles. The van der Waals surface area contributed by atoms with Crippen molar-refractivity contribution in [1.29, 1.82) is 0 Å². The SMILES string of the molecule is COc1cc(C2C=C(c3ccc(Cl)cc3)Nc3ncnn32)cc(OC)c1OC. The number of ether oxygens (including phenoxy) is 3. The number of benzene rings is 2. The van der Waals surface area contributed by atoms with E-state index in [9.17, 15) is 0 Å². The lowest BCUT2D eigenvalue weighted by molar-refractivity contribution is 0.323. The smallest absolute Gasteiger partial charge is 0.226 e. The second-order valence-electron chi connectivity index (χ2n) is 6.14. The molecule has 28 heavy (non-hydrogen) atoms. The molecule has 0 radical (unpaired) electrons. The van der Waals surface area contributed by atoms with Crippen LogP contribution in [0.1, 0.15) is 17.2 Å². The van der Waals surface area contributed by atoms with E-state index in [1.165, 1.54) is 6.33 Å². The number of aromatic nitrogens is 3. The molecule has 1 N–H and O–H groups in total. The first-order valence-electron chi connectivity index (χ1n) is 8.58. The second kappa shape index (κ2) is 7.44. The van der Waals surface area contributed by atoms with Gasteiger partial charge in [0.25, 0.3) is 0 Å². The molecular weight excluding hydrogens is 380 g/mol. The van der Waals surface area contributed by atoms with E-state index in [0.717, 1.165) is 16.8 Å². The number of allylic oxidation sites excluding steroid dienone is 1. The van der Waals surface area contributed by atoms with Crippen molar-refractivity contribution in [2.24, 2.45) is 0 Å². The second-order valence-corrected chi connectivity index (χ2v) is 6.58. The molecule has 1 aromatic heterocycles. The van der Waals surface area contributed by atoms with E-state index in [4.69, 9.17) is 25.8 Å². The number of fused-ring (bicyclic) bond motifs is 1. The van der Waals surface area contributed by atoms with Crippen molar-refractivity contribution in [2.75, 3.05) is 26.6 Å². The Morgan fingerprint density at radius 2 is 1.68 bits per heavy atom. The number of hydrogen-bond acceptors (Lipinski definition) is 6. The lowest BCUT2D eigenvalue weighted by Crippen LogP contribution is -2.20. The fourth-order valence-electron chi connectivity index (χ4n) is 3.24. The summed E-state index contributed by atoms with van der Waals surface area (Å²) in [4.78, 5) is 4.33. The van der Waals surface area contributed by atoms with Crippen LogP contribution in [0.25, 0.3) is 5.70 Å². The molecule has 0 saturated carbocycles. The average Bonchev–Trinajstić information content (AvgIpc) is 3.21. The Morgan fingerprint density at radius 1 is 1.00 bits per heavy atom. The molecule has 1 aliphatic heterocycles. The maximum Gasteiger partial charge on any atom is 0.226 e. The van der Waals surface area contributed by atoms with Gasteiger partial charge in [0.1, 0.15) is 12.4 Å². The molecule has 0 fully saturated rings. The van der Waals surface area contributed by atoms with E-state index >= 15 is 0 Å². The van der Waals surface area contributed by atoms with E-state index < -0.39 is 0 Å². The van der Waals surface area contributed by atoms with Crippen molar-refractivity contribution in [3.05, 3.63) is 65.0 Å². The van der Waals surface area contributed by atoms with Crippen LogP contribution in [0.5, 0.6) is 17.2 Å². The zero-order chi connectivity index (χ0) is 19.7. The number of hydrogen-bond donors (Lipinski definition) is 1. The third-order valence-electron chi connectivity index (χ3n) is 4.59. The number of anilines is 1. The van der Waals surface area contributed by atoms with Gasteiger partial charge in [-0.25, -0.2) is 4.68 Å². The highest BCUT2D eigenvalue weighted by atomic mass is 35.5. The van der Waals surface area contributed by atoms with Gasteiger partial charge in [-0.1, -0.05) is 23.7 Å². The minimum Gasteiger partial charge on any atom is -0.493 e.